The zero-order valence-electron chi connectivity index (χ0n) is 8.34. The van der Waals surface area contributed by atoms with Crippen molar-refractivity contribution in [3.8, 4) is 0 Å². The van der Waals surface area contributed by atoms with Gasteiger partial charge in [-0.05, 0) is 25.9 Å². The van der Waals surface area contributed by atoms with Gasteiger partial charge in [0.15, 0.2) is 0 Å². The minimum atomic E-state index is -0.758. The summed E-state index contributed by atoms with van der Waals surface area (Å²) in [5.41, 5.74) is 0. The summed E-state index contributed by atoms with van der Waals surface area (Å²) in [7, 11) is -0.758. The second-order valence-corrected chi connectivity index (χ2v) is 8.72. The molecular weight excluding hydrogens is 160 g/mol. The lowest BCUT2D eigenvalue weighted by Crippen LogP contribution is -2.39. The van der Waals surface area contributed by atoms with Gasteiger partial charge in [-0.3, -0.25) is 0 Å². The summed E-state index contributed by atoms with van der Waals surface area (Å²) in [5.74, 6) is 0. The van der Waals surface area contributed by atoms with Crippen LogP contribution in [0.15, 0.2) is 24.3 Å². The molecule has 0 saturated carbocycles. The van der Waals surface area contributed by atoms with Gasteiger partial charge in [0.1, 0.15) is 0 Å². The zero-order valence-corrected chi connectivity index (χ0v) is 9.34. The SMILES string of the molecule is C/C=C/C[Si]1(C/C=C/C)CCC1. The van der Waals surface area contributed by atoms with Gasteiger partial charge in [-0.25, -0.2) is 0 Å². The Bertz CT molecular complexity index is 159. The molecule has 0 aromatic heterocycles. The molecule has 0 radical (unpaired) electrons. The van der Waals surface area contributed by atoms with E-state index in [2.05, 4.69) is 38.2 Å². The largest absolute Gasteiger partial charge is 0.0919 e. The maximum atomic E-state index is 2.38. The van der Waals surface area contributed by atoms with Crippen molar-refractivity contribution in [2.24, 2.45) is 0 Å². The van der Waals surface area contributed by atoms with Crippen LogP contribution in [0.4, 0.5) is 0 Å². The van der Waals surface area contributed by atoms with Crippen LogP contribution in [0.25, 0.3) is 0 Å². The molecular formula is C11H20Si. The van der Waals surface area contributed by atoms with Gasteiger partial charge in [0.25, 0.3) is 0 Å². The van der Waals surface area contributed by atoms with E-state index in [0.29, 0.717) is 0 Å². The highest BCUT2D eigenvalue weighted by Gasteiger charge is 2.36. The second-order valence-electron chi connectivity index (χ2n) is 3.90. The molecule has 0 aliphatic carbocycles. The predicted molar refractivity (Wildman–Crippen MR) is 59.2 cm³/mol. The van der Waals surface area contributed by atoms with Crippen molar-refractivity contribution in [3.05, 3.63) is 24.3 Å². The Morgan fingerprint density at radius 1 is 1.00 bits per heavy atom. The molecule has 0 unspecified atom stereocenters. The van der Waals surface area contributed by atoms with Crippen molar-refractivity contribution < 1.29 is 0 Å². The maximum absolute atomic E-state index is 2.38. The van der Waals surface area contributed by atoms with E-state index < -0.39 is 8.07 Å². The summed E-state index contributed by atoms with van der Waals surface area (Å²) < 4.78 is 0. The number of hydrogen-bond donors (Lipinski definition) is 0. The molecule has 1 rings (SSSR count). The fraction of sp³-hybridized carbons (Fsp3) is 0.636. The molecule has 1 heteroatoms. The lowest BCUT2D eigenvalue weighted by molar-refractivity contribution is 0.881. The van der Waals surface area contributed by atoms with Crippen molar-refractivity contribution in [1.29, 1.82) is 0 Å². The molecule has 68 valence electrons. The van der Waals surface area contributed by atoms with Crippen LogP contribution < -0.4 is 0 Å². The molecule has 1 saturated heterocycles. The van der Waals surface area contributed by atoms with Crippen LogP contribution in [-0.2, 0) is 0 Å². The van der Waals surface area contributed by atoms with E-state index in [4.69, 9.17) is 0 Å². The lowest BCUT2D eigenvalue weighted by Gasteiger charge is -2.38. The first kappa shape index (κ1) is 9.78. The molecule has 0 nitrogen and oxygen atoms in total. The smallest absolute Gasteiger partial charge is 0.0610 e. The fourth-order valence-electron chi connectivity index (χ4n) is 1.90. The van der Waals surface area contributed by atoms with Crippen LogP contribution in [0.5, 0.6) is 0 Å². The van der Waals surface area contributed by atoms with E-state index in [9.17, 15) is 0 Å². The highest BCUT2D eigenvalue weighted by atomic mass is 28.3. The van der Waals surface area contributed by atoms with Gasteiger partial charge in [0, 0.05) is 0 Å². The number of allylic oxidation sites excluding steroid dienone is 4. The first-order valence-electron chi connectivity index (χ1n) is 5.05. The van der Waals surface area contributed by atoms with Crippen LogP contribution in [0, 0.1) is 0 Å². The Balaban J connectivity index is 2.39. The molecule has 0 spiro atoms. The van der Waals surface area contributed by atoms with E-state index in [1.54, 1.807) is 12.1 Å². The van der Waals surface area contributed by atoms with Gasteiger partial charge in [-0.15, -0.1) is 0 Å². The van der Waals surface area contributed by atoms with Crippen molar-refractivity contribution in [1.82, 2.24) is 0 Å². The van der Waals surface area contributed by atoms with Crippen LogP contribution in [0.2, 0.25) is 24.2 Å². The molecule has 0 N–H and O–H groups in total. The highest BCUT2D eigenvalue weighted by Crippen LogP contribution is 2.39. The second kappa shape index (κ2) is 4.66. The zero-order chi connectivity index (χ0) is 8.86. The van der Waals surface area contributed by atoms with Crippen molar-refractivity contribution >= 4 is 8.07 Å². The number of rotatable bonds is 4. The predicted octanol–water partition coefficient (Wildman–Crippen LogP) is 3.99. The highest BCUT2D eigenvalue weighted by molar-refractivity contribution is 6.83. The van der Waals surface area contributed by atoms with Crippen LogP contribution in [0.1, 0.15) is 20.3 Å². The average molecular weight is 180 g/mol. The Kier molecular flexibility index (Phi) is 3.80. The van der Waals surface area contributed by atoms with E-state index >= 15 is 0 Å². The quantitative estimate of drug-likeness (QED) is 0.453. The minimum absolute atomic E-state index is 0.758. The number of hydrogen-bond acceptors (Lipinski definition) is 0. The van der Waals surface area contributed by atoms with E-state index in [1.807, 2.05) is 0 Å². The third-order valence-corrected chi connectivity index (χ3v) is 8.02. The summed E-state index contributed by atoms with van der Waals surface area (Å²) in [6.07, 6.45) is 10.7. The van der Waals surface area contributed by atoms with Crippen molar-refractivity contribution in [3.63, 3.8) is 0 Å². The summed E-state index contributed by atoms with van der Waals surface area (Å²) >= 11 is 0. The minimum Gasteiger partial charge on any atom is -0.0919 e. The maximum Gasteiger partial charge on any atom is 0.0610 e. The van der Waals surface area contributed by atoms with Gasteiger partial charge < -0.3 is 0 Å². The first-order chi connectivity index (χ1) is 5.83. The summed E-state index contributed by atoms with van der Waals surface area (Å²) in [4.78, 5) is 0. The molecule has 1 fully saturated rings. The van der Waals surface area contributed by atoms with Gasteiger partial charge >= 0.3 is 0 Å². The van der Waals surface area contributed by atoms with Gasteiger partial charge in [-0.2, -0.15) is 0 Å². The fourth-order valence-corrected chi connectivity index (χ4v) is 5.71. The molecule has 12 heavy (non-hydrogen) atoms. The standard InChI is InChI=1S/C11H20Si/c1-3-5-8-12(9-6-4-2)10-7-11-12/h3-6H,7-11H2,1-2H3/b5-3+,6-4+. The molecule has 0 bridgehead atoms. The molecule has 0 aromatic rings. The Morgan fingerprint density at radius 2 is 1.50 bits per heavy atom. The van der Waals surface area contributed by atoms with Gasteiger partial charge in [0.05, 0.1) is 8.07 Å². The topological polar surface area (TPSA) is 0 Å². The normalized spacial score (nSPS) is 21.8. The van der Waals surface area contributed by atoms with Gasteiger partial charge in [0.2, 0.25) is 0 Å². The van der Waals surface area contributed by atoms with E-state index in [0.717, 1.165) is 0 Å². The molecule has 1 heterocycles. The monoisotopic (exact) mass is 180 g/mol. The van der Waals surface area contributed by atoms with Crippen molar-refractivity contribution in [2.75, 3.05) is 0 Å². The van der Waals surface area contributed by atoms with E-state index in [-0.39, 0.29) is 0 Å². The summed E-state index contributed by atoms with van der Waals surface area (Å²) in [6, 6.07) is 5.99. The van der Waals surface area contributed by atoms with Crippen LogP contribution in [0.3, 0.4) is 0 Å². The first-order valence-corrected chi connectivity index (χ1v) is 7.88. The van der Waals surface area contributed by atoms with Crippen LogP contribution in [-0.4, -0.2) is 8.07 Å². The lowest BCUT2D eigenvalue weighted by atomic mass is 10.5. The van der Waals surface area contributed by atoms with Crippen molar-refractivity contribution in [2.45, 2.75) is 44.4 Å². The third-order valence-electron chi connectivity index (χ3n) is 2.99. The Morgan fingerprint density at radius 3 is 1.75 bits per heavy atom. The molecule has 0 amide bonds. The Hall–Kier alpha value is -0.303. The molecule has 0 atom stereocenters. The van der Waals surface area contributed by atoms with E-state index in [1.165, 1.54) is 18.5 Å². The summed E-state index contributed by atoms with van der Waals surface area (Å²) in [5, 5.41) is 0. The van der Waals surface area contributed by atoms with Gasteiger partial charge in [-0.1, -0.05) is 42.8 Å². The molecule has 1 aliphatic heterocycles. The molecule has 0 aromatic carbocycles. The summed E-state index contributed by atoms with van der Waals surface area (Å²) in [6.45, 7) is 4.27. The molecule has 1 aliphatic rings. The Labute approximate surface area is 77.4 Å². The van der Waals surface area contributed by atoms with Crippen LogP contribution >= 0.6 is 0 Å². The third kappa shape index (κ3) is 2.34. The average Bonchev–Trinajstić information content (AvgIpc) is 2.02.